The predicted molar refractivity (Wildman–Crippen MR) is 102 cm³/mol. The van der Waals surface area contributed by atoms with Crippen LogP contribution < -0.4 is 9.62 Å². The molecule has 12 heteroatoms. The molecule has 2 aromatic rings. The second-order valence-electron chi connectivity index (χ2n) is 6.04. The van der Waals surface area contributed by atoms with Crippen LogP contribution in [0.25, 0.3) is 0 Å². The average molecular weight is 467 g/mol. The summed E-state index contributed by atoms with van der Waals surface area (Å²) in [5, 5.41) is 1.67. The molecule has 0 unspecified atom stereocenters. The number of anilines is 2. The van der Waals surface area contributed by atoms with Gasteiger partial charge >= 0.3 is 6.18 Å². The molecule has 1 saturated heterocycles. The minimum atomic E-state index is -4.71. The Labute approximate surface area is 173 Å². The van der Waals surface area contributed by atoms with Crippen LogP contribution in [0.1, 0.15) is 22.3 Å². The van der Waals surface area contributed by atoms with Crippen LogP contribution in [-0.4, -0.2) is 26.0 Å². The number of alkyl halides is 3. The van der Waals surface area contributed by atoms with Gasteiger partial charge in [-0.15, -0.1) is 0 Å². The van der Waals surface area contributed by atoms with E-state index in [2.05, 4.69) is 5.32 Å². The zero-order chi connectivity index (χ0) is 21.6. The Morgan fingerprint density at radius 1 is 1.07 bits per heavy atom. The number of nitrogens with one attached hydrogen (secondary N) is 1. The van der Waals surface area contributed by atoms with Crippen molar-refractivity contribution in [3.8, 4) is 0 Å². The maximum Gasteiger partial charge on any atom is 0.417 e. The molecule has 0 aliphatic carbocycles. The van der Waals surface area contributed by atoms with Gasteiger partial charge < -0.3 is 5.32 Å². The number of hydrogen-bond acceptors (Lipinski definition) is 4. The summed E-state index contributed by atoms with van der Waals surface area (Å²) < 4.78 is 63.6. The number of carbonyl (C=O) groups excluding carboxylic acids is 2. The normalized spacial score (nSPS) is 16.2. The van der Waals surface area contributed by atoms with E-state index in [0.717, 1.165) is 12.1 Å². The first kappa shape index (κ1) is 21.4. The predicted octanol–water partition coefficient (Wildman–Crippen LogP) is 4.33. The molecular formula is C17H11Cl2F3N2O4S. The van der Waals surface area contributed by atoms with E-state index in [1.165, 1.54) is 18.2 Å². The van der Waals surface area contributed by atoms with Crippen LogP contribution in [0.15, 0.2) is 36.4 Å². The van der Waals surface area contributed by atoms with Gasteiger partial charge in [-0.1, -0.05) is 23.2 Å². The van der Waals surface area contributed by atoms with E-state index in [0.29, 0.717) is 10.4 Å². The summed E-state index contributed by atoms with van der Waals surface area (Å²) in [4.78, 5) is 24.4. The Balaban J connectivity index is 1.93. The fraction of sp³-hybridized carbons (Fsp3) is 0.176. The molecule has 1 aliphatic heterocycles. The lowest BCUT2D eigenvalue weighted by molar-refractivity contribution is -0.137. The van der Waals surface area contributed by atoms with Crippen molar-refractivity contribution < 1.29 is 31.2 Å². The highest BCUT2D eigenvalue weighted by molar-refractivity contribution is 7.94. The van der Waals surface area contributed by atoms with Gasteiger partial charge in [0.1, 0.15) is 0 Å². The first-order chi connectivity index (χ1) is 13.4. The number of halogens is 5. The molecule has 0 spiro atoms. The molecule has 154 valence electrons. The second-order valence-corrected chi connectivity index (χ2v) is 8.79. The van der Waals surface area contributed by atoms with Crippen molar-refractivity contribution in [1.82, 2.24) is 0 Å². The lowest BCUT2D eigenvalue weighted by atomic mass is 10.1. The number of hydrogen-bond donors (Lipinski definition) is 1. The molecule has 2 aromatic carbocycles. The molecule has 2 amide bonds. The Morgan fingerprint density at radius 2 is 1.72 bits per heavy atom. The first-order valence-electron chi connectivity index (χ1n) is 7.93. The van der Waals surface area contributed by atoms with Gasteiger partial charge in [-0.2, -0.15) is 13.2 Å². The molecule has 0 aromatic heterocycles. The summed E-state index contributed by atoms with van der Waals surface area (Å²) in [6.45, 7) is 0. The summed E-state index contributed by atoms with van der Waals surface area (Å²) in [6.07, 6.45) is -4.93. The standard InChI is InChI=1S/C17H11Cl2F3N2O4S/c18-12-4-2-10(8-11(12)17(20,21)22)23-16(26)9-1-3-13(19)14(7-9)24-15(25)5-6-29(24,27)28/h1-4,7-8H,5-6H2,(H,23,26). The molecule has 1 aliphatic rings. The summed E-state index contributed by atoms with van der Waals surface area (Å²) >= 11 is 11.5. The zero-order valence-electron chi connectivity index (χ0n) is 14.3. The van der Waals surface area contributed by atoms with Gasteiger partial charge in [0.15, 0.2) is 0 Å². The number of carbonyl (C=O) groups is 2. The van der Waals surface area contributed by atoms with E-state index in [4.69, 9.17) is 23.2 Å². The fourth-order valence-corrected chi connectivity index (χ4v) is 4.63. The van der Waals surface area contributed by atoms with Gasteiger partial charge in [-0.05, 0) is 36.4 Å². The van der Waals surface area contributed by atoms with Crippen LogP contribution in [0.4, 0.5) is 24.5 Å². The average Bonchev–Trinajstić information content (AvgIpc) is 2.89. The number of benzene rings is 2. The zero-order valence-corrected chi connectivity index (χ0v) is 16.6. The van der Waals surface area contributed by atoms with Crippen LogP contribution in [0.5, 0.6) is 0 Å². The van der Waals surface area contributed by atoms with Crippen molar-refractivity contribution in [1.29, 1.82) is 0 Å². The molecule has 29 heavy (non-hydrogen) atoms. The van der Waals surface area contributed by atoms with E-state index in [-0.39, 0.29) is 34.1 Å². The van der Waals surface area contributed by atoms with Crippen molar-refractivity contribution in [2.45, 2.75) is 12.6 Å². The van der Waals surface area contributed by atoms with E-state index in [9.17, 15) is 31.2 Å². The highest BCUT2D eigenvalue weighted by Crippen LogP contribution is 2.37. The Morgan fingerprint density at radius 3 is 2.31 bits per heavy atom. The smallest absolute Gasteiger partial charge is 0.322 e. The molecule has 0 saturated carbocycles. The third kappa shape index (κ3) is 4.34. The molecule has 1 fully saturated rings. The lowest BCUT2D eigenvalue weighted by Crippen LogP contribution is -2.30. The number of amides is 2. The van der Waals surface area contributed by atoms with Gasteiger partial charge in [-0.25, -0.2) is 12.7 Å². The topological polar surface area (TPSA) is 83.6 Å². The van der Waals surface area contributed by atoms with E-state index in [1.54, 1.807) is 0 Å². The quantitative estimate of drug-likeness (QED) is 0.729. The summed E-state index contributed by atoms with van der Waals surface area (Å²) in [5.41, 5.74) is -1.60. The monoisotopic (exact) mass is 466 g/mol. The van der Waals surface area contributed by atoms with Crippen LogP contribution in [0.2, 0.25) is 10.0 Å². The number of rotatable bonds is 3. The van der Waals surface area contributed by atoms with Gasteiger partial charge in [-0.3, -0.25) is 9.59 Å². The second kappa shape index (κ2) is 7.51. The van der Waals surface area contributed by atoms with E-state index < -0.39 is 38.6 Å². The van der Waals surface area contributed by atoms with Crippen LogP contribution in [0, 0.1) is 0 Å². The minimum absolute atomic E-state index is 0.0776. The van der Waals surface area contributed by atoms with Crippen molar-refractivity contribution in [3.63, 3.8) is 0 Å². The summed E-state index contributed by atoms with van der Waals surface area (Å²) in [7, 11) is -3.91. The molecule has 0 bridgehead atoms. The summed E-state index contributed by atoms with van der Waals surface area (Å²) in [5.74, 6) is -1.91. The first-order valence-corrected chi connectivity index (χ1v) is 10.3. The summed E-state index contributed by atoms with van der Waals surface area (Å²) in [6, 6.07) is 6.39. The molecule has 0 atom stereocenters. The highest BCUT2D eigenvalue weighted by Gasteiger charge is 2.38. The van der Waals surface area contributed by atoms with Gasteiger partial charge in [0.2, 0.25) is 15.9 Å². The van der Waals surface area contributed by atoms with Gasteiger partial charge in [0.05, 0.1) is 27.0 Å². The van der Waals surface area contributed by atoms with Crippen LogP contribution in [-0.2, 0) is 21.0 Å². The highest BCUT2D eigenvalue weighted by atomic mass is 35.5. The minimum Gasteiger partial charge on any atom is -0.322 e. The number of nitrogens with zero attached hydrogens (tertiary/aromatic N) is 1. The van der Waals surface area contributed by atoms with Crippen molar-refractivity contribution in [2.24, 2.45) is 0 Å². The Kier molecular flexibility index (Phi) is 5.54. The van der Waals surface area contributed by atoms with Crippen molar-refractivity contribution in [2.75, 3.05) is 15.4 Å². The van der Waals surface area contributed by atoms with Crippen LogP contribution >= 0.6 is 23.2 Å². The fourth-order valence-electron chi connectivity index (χ4n) is 2.68. The molecule has 6 nitrogen and oxygen atoms in total. The van der Waals surface area contributed by atoms with Crippen molar-refractivity contribution in [3.05, 3.63) is 57.6 Å². The maximum absolute atomic E-state index is 13.0. The molecule has 1 heterocycles. The maximum atomic E-state index is 13.0. The molecule has 0 radical (unpaired) electrons. The Bertz CT molecular complexity index is 1120. The molecule has 1 N–H and O–H groups in total. The molecular weight excluding hydrogens is 456 g/mol. The third-order valence-corrected chi connectivity index (χ3v) is 6.36. The van der Waals surface area contributed by atoms with E-state index >= 15 is 0 Å². The third-order valence-electron chi connectivity index (χ3n) is 4.04. The lowest BCUT2D eigenvalue weighted by Gasteiger charge is -2.17. The Hall–Kier alpha value is -2.30. The number of sulfonamides is 1. The van der Waals surface area contributed by atoms with Gasteiger partial charge in [0, 0.05) is 17.7 Å². The SMILES string of the molecule is O=C(Nc1ccc(Cl)c(C(F)(F)F)c1)c1ccc(Cl)c(N2C(=O)CCS2(=O)=O)c1. The largest absolute Gasteiger partial charge is 0.417 e. The van der Waals surface area contributed by atoms with Gasteiger partial charge in [0.25, 0.3) is 5.91 Å². The molecule has 3 rings (SSSR count). The van der Waals surface area contributed by atoms with Crippen molar-refractivity contribution >= 4 is 56.4 Å². The van der Waals surface area contributed by atoms with Crippen LogP contribution in [0.3, 0.4) is 0 Å². The van der Waals surface area contributed by atoms with E-state index in [1.807, 2.05) is 0 Å².